The molecule has 8 atom stereocenters. The van der Waals surface area contributed by atoms with E-state index in [1.54, 1.807) is 0 Å². The van der Waals surface area contributed by atoms with Crippen molar-refractivity contribution in [2.24, 2.45) is 28.6 Å². The number of ketones is 1. The summed E-state index contributed by atoms with van der Waals surface area (Å²) in [7, 11) is 1.44. The van der Waals surface area contributed by atoms with Gasteiger partial charge in [-0.3, -0.25) is 14.4 Å². The van der Waals surface area contributed by atoms with Crippen molar-refractivity contribution < 1.29 is 28.6 Å². The molecule has 0 bridgehead atoms. The van der Waals surface area contributed by atoms with E-state index >= 15 is 0 Å². The molecule has 2 spiro atoms. The fourth-order valence-electron chi connectivity index (χ4n) is 8.59. The molecule has 0 N–H and O–H groups in total. The van der Waals surface area contributed by atoms with Gasteiger partial charge >= 0.3 is 11.9 Å². The van der Waals surface area contributed by atoms with Crippen LogP contribution in [0.2, 0.25) is 0 Å². The summed E-state index contributed by atoms with van der Waals surface area (Å²) in [6.07, 6.45) is 7.74. The first-order valence-electron chi connectivity index (χ1n) is 11.4. The number of ether oxygens (including phenoxy) is 3. The molecule has 2 unspecified atom stereocenters. The van der Waals surface area contributed by atoms with E-state index in [0.29, 0.717) is 19.3 Å². The fourth-order valence-corrected chi connectivity index (χ4v) is 8.59. The molecule has 6 heteroatoms. The van der Waals surface area contributed by atoms with Crippen molar-refractivity contribution in [3.8, 4) is 0 Å². The van der Waals surface area contributed by atoms with Crippen molar-refractivity contribution in [3.05, 3.63) is 11.6 Å². The maximum Gasteiger partial charge on any atom is 0.312 e. The van der Waals surface area contributed by atoms with Crippen LogP contribution in [0.15, 0.2) is 11.6 Å². The van der Waals surface area contributed by atoms with Crippen LogP contribution >= 0.6 is 0 Å². The molecule has 6 aliphatic rings. The topological polar surface area (TPSA) is 82.2 Å². The summed E-state index contributed by atoms with van der Waals surface area (Å²) in [6, 6.07) is 0. The third kappa shape index (κ3) is 1.94. The van der Waals surface area contributed by atoms with Crippen LogP contribution in [-0.4, -0.2) is 42.1 Å². The summed E-state index contributed by atoms with van der Waals surface area (Å²) in [5.74, 6) is -0.292. The number of methoxy groups -OCH3 is 1. The molecule has 2 saturated heterocycles. The molecule has 0 amide bonds. The van der Waals surface area contributed by atoms with Crippen LogP contribution in [0.4, 0.5) is 0 Å². The van der Waals surface area contributed by atoms with E-state index in [0.717, 1.165) is 37.7 Å². The molecule has 2 aliphatic heterocycles. The van der Waals surface area contributed by atoms with Crippen molar-refractivity contribution in [1.82, 2.24) is 0 Å². The minimum absolute atomic E-state index is 0.00525. The van der Waals surface area contributed by atoms with E-state index in [4.69, 9.17) is 14.2 Å². The van der Waals surface area contributed by atoms with Crippen molar-refractivity contribution in [2.75, 3.05) is 7.11 Å². The van der Waals surface area contributed by atoms with Gasteiger partial charge in [0, 0.05) is 36.0 Å². The maximum absolute atomic E-state index is 13.0. The lowest BCUT2D eigenvalue weighted by Crippen LogP contribution is -2.62. The Labute approximate surface area is 176 Å². The number of esters is 2. The number of carbonyl (C=O) groups excluding carboxylic acids is 3. The van der Waals surface area contributed by atoms with Crippen molar-refractivity contribution in [3.63, 3.8) is 0 Å². The third-order valence-electron chi connectivity index (χ3n) is 10.2. The van der Waals surface area contributed by atoms with E-state index < -0.39 is 17.1 Å². The molecule has 0 aromatic carbocycles. The summed E-state index contributed by atoms with van der Waals surface area (Å²) >= 11 is 0. The summed E-state index contributed by atoms with van der Waals surface area (Å²) in [5, 5.41) is 0. The molecular formula is C24H30O6. The number of epoxide rings is 1. The molecule has 3 saturated carbocycles. The second-order valence-electron chi connectivity index (χ2n) is 10.9. The lowest BCUT2D eigenvalue weighted by atomic mass is 9.44. The van der Waals surface area contributed by atoms with Gasteiger partial charge in [-0.25, -0.2) is 0 Å². The van der Waals surface area contributed by atoms with Gasteiger partial charge in [0.15, 0.2) is 0 Å². The molecule has 0 radical (unpaired) electrons. The van der Waals surface area contributed by atoms with Crippen LogP contribution < -0.4 is 0 Å². The van der Waals surface area contributed by atoms with Gasteiger partial charge in [0.1, 0.15) is 17.0 Å². The second-order valence-corrected chi connectivity index (χ2v) is 10.9. The molecule has 5 fully saturated rings. The number of Topliss-reactive ketones (excluding diaryl/α,β-unsaturated/α-hetero) is 1. The third-order valence-corrected chi connectivity index (χ3v) is 10.2. The van der Waals surface area contributed by atoms with Gasteiger partial charge in [0.2, 0.25) is 0 Å². The average molecular weight is 414 g/mol. The van der Waals surface area contributed by atoms with Crippen LogP contribution in [-0.2, 0) is 28.6 Å². The van der Waals surface area contributed by atoms with Crippen LogP contribution in [0.5, 0.6) is 0 Å². The average Bonchev–Trinajstić information content (AvgIpc) is 3.20. The van der Waals surface area contributed by atoms with Gasteiger partial charge in [-0.15, -0.1) is 0 Å². The lowest BCUT2D eigenvalue weighted by molar-refractivity contribution is -0.169. The predicted molar refractivity (Wildman–Crippen MR) is 105 cm³/mol. The molecule has 162 valence electrons. The first-order valence-corrected chi connectivity index (χ1v) is 11.4. The predicted octanol–water partition coefficient (Wildman–Crippen LogP) is 3.12. The summed E-state index contributed by atoms with van der Waals surface area (Å²) in [4.78, 5) is 37.4. The molecular weight excluding hydrogens is 384 g/mol. The zero-order valence-electron chi connectivity index (χ0n) is 18.0. The minimum Gasteiger partial charge on any atom is -0.469 e. The number of hydrogen-bond acceptors (Lipinski definition) is 6. The maximum atomic E-state index is 13.0. The van der Waals surface area contributed by atoms with E-state index in [1.165, 1.54) is 7.11 Å². The number of fused-ring (bicyclic) bond motifs is 4. The number of hydrogen-bond donors (Lipinski definition) is 0. The largest absolute Gasteiger partial charge is 0.469 e. The summed E-state index contributed by atoms with van der Waals surface area (Å²) in [5.41, 5.74) is -0.191. The molecule has 6 nitrogen and oxygen atoms in total. The Morgan fingerprint density at radius 1 is 1.17 bits per heavy atom. The SMILES string of the molecule is COC(=O)[C@@H]1C=C2CC(=O)CC[C@]2(C)C23O[C@@H]2C[C@@]2(C)C(CC[C@@]24CCC(=O)O4)[C@H]13. The highest BCUT2D eigenvalue weighted by atomic mass is 16.6. The van der Waals surface area contributed by atoms with E-state index in [1.807, 2.05) is 0 Å². The molecule has 30 heavy (non-hydrogen) atoms. The smallest absolute Gasteiger partial charge is 0.312 e. The highest BCUT2D eigenvalue weighted by Crippen LogP contribution is 2.77. The number of rotatable bonds is 1. The van der Waals surface area contributed by atoms with E-state index in [-0.39, 0.29) is 46.5 Å². The van der Waals surface area contributed by atoms with Gasteiger partial charge in [-0.2, -0.15) is 0 Å². The normalized spacial score (nSPS) is 53.2. The van der Waals surface area contributed by atoms with Crippen LogP contribution in [0, 0.1) is 28.6 Å². The van der Waals surface area contributed by atoms with E-state index in [2.05, 4.69) is 19.9 Å². The van der Waals surface area contributed by atoms with Gasteiger partial charge < -0.3 is 14.2 Å². The molecule has 6 rings (SSSR count). The van der Waals surface area contributed by atoms with Gasteiger partial charge in [0.25, 0.3) is 0 Å². The minimum atomic E-state index is -0.430. The van der Waals surface area contributed by atoms with Crippen LogP contribution in [0.1, 0.15) is 65.2 Å². The Hall–Kier alpha value is -1.69. The Balaban J connectivity index is 1.50. The van der Waals surface area contributed by atoms with Crippen molar-refractivity contribution in [2.45, 2.75) is 82.5 Å². The summed E-state index contributed by atoms with van der Waals surface area (Å²) < 4.78 is 17.9. The molecule has 2 heterocycles. The van der Waals surface area contributed by atoms with Gasteiger partial charge in [-0.05, 0) is 38.0 Å². The van der Waals surface area contributed by atoms with Gasteiger partial charge in [-0.1, -0.05) is 25.5 Å². The van der Waals surface area contributed by atoms with Crippen molar-refractivity contribution in [1.29, 1.82) is 0 Å². The zero-order valence-corrected chi connectivity index (χ0v) is 18.0. The molecule has 4 aliphatic carbocycles. The first kappa shape index (κ1) is 19.0. The second kappa shape index (κ2) is 5.56. The highest BCUT2D eigenvalue weighted by molar-refractivity contribution is 5.84. The van der Waals surface area contributed by atoms with Gasteiger partial charge in [0.05, 0.1) is 19.1 Å². The van der Waals surface area contributed by atoms with E-state index in [9.17, 15) is 14.4 Å². The lowest BCUT2D eigenvalue weighted by Gasteiger charge is -2.57. The number of carbonyl (C=O) groups is 3. The Morgan fingerprint density at radius 3 is 2.67 bits per heavy atom. The quantitative estimate of drug-likeness (QED) is 0.372. The zero-order chi connectivity index (χ0) is 21.1. The Bertz CT molecular complexity index is 907. The van der Waals surface area contributed by atoms with Crippen molar-refractivity contribution >= 4 is 17.7 Å². The summed E-state index contributed by atoms with van der Waals surface area (Å²) in [6.45, 7) is 4.50. The first-order chi connectivity index (χ1) is 14.2. The fraction of sp³-hybridized carbons (Fsp3) is 0.792. The Morgan fingerprint density at radius 2 is 1.97 bits per heavy atom. The van der Waals surface area contributed by atoms with Crippen LogP contribution in [0.3, 0.4) is 0 Å². The highest BCUT2D eigenvalue weighted by Gasteiger charge is 2.83. The Kier molecular flexibility index (Phi) is 3.53. The molecule has 0 aromatic rings. The molecule has 0 aromatic heterocycles. The standard InChI is InChI=1S/C24H30O6/c1-21-7-4-14(25)10-13(21)11-15(20(27)28-3)19-16-5-8-23(9-6-18(26)30-23)22(16,2)12-17-24(19,21)29-17/h11,15-17,19H,4-10,12H2,1-3H3/t15-,16?,17-,19+,21+,22+,23-,24?/m1/s1. The monoisotopic (exact) mass is 414 g/mol. The van der Waals surface area contributed by atoms with Crippen LogP contribution in [0.25, 0.3) is 0 Å².